The molecule has 0 bridgehead atoms. The van der Waals surface area contributed by atoms with E-state index in [1.165, 1.54) is 4.31 Å². The van der Waals surface area contributed by atoms with Gasteiger partial charge in [-0.2, -0.15) is 0 Å². The van der Waals surface area contributed by atoms with Gasteiger partial charge in [-0.05, 0) is 42.2 Å². The van der Waals surface area contributed by atoms with E-state index in [4.69, 9.17) is 11.6 Å². The van der Waals surface area contributed by atoms with Crippen molar-refractivity contribution in [3.8, 4) is 5.69 Å². The molecule has 0 unspecified atom stereocenters. The van der Waals surface area contributed by atoms with Crippen molar-refractivity contribution in [3.63, 3.8) is 0 Å². The van der Waals surface area contributed by atoms with Crippen LogP contribution in [0.4, 0.5) is 0 Å². The minimum Gasteiger partial charge on any atom is -0.352 e. The van der Waals surface area contributed by atoms with Gasteiger partial charge in [0.05, 0.1) is 17.8 Å². The van der Waals surface area contributed by atoms with Gasteiger partial charge in [0.1, 0.15) is 0 Å². The molecule has 3 aromatic rings. The lowest BCUT2D eigenvalue weighted by molar-refractivity contribution is -0.126. The van der Waals surface area contributed by atoms with Crippen molar-refractivity contribution < 1.29 is 13.2 Å². The second-order valence-electron chi connectivity index (χ2n) is 7.88. The van der Waals surface area contributed by atoms with Crippen LogP contribution in [0.2, 0.25) is 5.02 Å². The number of nitrogens with one attached hydrogen (secondary N) is 1. The molecule has 2 aromatic carbocycles. The van der Waals surface area contributed by atoms with Crippen LogP contribution in [-0.2, 0) is 27.1 Å². The molecule has 1 aliphatic heterocycles. The lowest BCUT2D eigenvalue weighted by Crippen LogP contribution is -2.43. The van der Waals surface area contributed by atoms with Crippen LogP contribution in [0.5, 0.6) is 0 Å². The molecule has 1 amide bonds. The van der Waals surface area contributed by atoms with E-state index in [0.717, 1.165) is 11.3 Å². The fourth-order valence-electron chi connectivity index (χ4n) is 3.97. The van der Waals surface area contributed by atoms with E-state index in [2.05, 4.69) is 10.3 Å². The summed E-state index contributed by atoms with van der Waals surface area (Å²) in [5.74, 6) is -0.333. The van der Waals surface area contributed by atoms with Gasteiger partial charge in [0.25, 0.3) is 0 Å². The van der Waals surface area contributed by atoms with E-state index in [-0.39, 0.29) is 17.6 Å². The van der Waals surface area contributed by atoms with Crippen molar-refractivity contribution >= 4 is 27.5 Å². The van der Waals surface area contributed by atoms with Crippen molar-refractivity contribution in [2.24, 2.45) is 5.92 Å². The van der Waals surface area contributed by atoms with Crippen LogP contribution < -0.4 is 5.32 Å². The number of aromatic nitrogens is 2. The topological polar surface area (TPSA) is 84.3 Å². The van der Waals surface area contributed by atoms with E-state index in [1.54, 1.807) is 36.8 Å². The zero-order chi connectivity index (χ0) is 22.6. The molecule has 1 aromatic heterocycles. The largest absolute Gasteiger partial charge is 0.352 e. The third-order valence-electron chi connectivity index (χ3n) is 5.68. The zero-order valence-corrected chi connectivity index (χ0v) is 19.1. The van der Waals surface area contributed by atoms with Crippen molar-refractivity contribution in [1.29, 1.82) is 0 Å². The maximum absolute atomic E-state index is 12.8. The molecule has 1 aliphatic rings. The summed E-state index contributed by atoms with van der Waals surface area (Å²) in [6.45, 7) is 1.08. The molecule has 0 radical (unpaired) electrons. The summed E-state index contributed by atoms with van der Waals surface area (Å²) in [6.07, 6.45) is 6.30. The van der Waals surface area contributed by atoms with Gasteiger partial charge < -0.3 is 9.88 Å². The van der Waals surface area contributed by atoms with Crippen molar-refractivity contribution in [1.82, 2.24) is 19.2 Å². The molecule has 168 valence electrons. The van der Waals surface area contributed by atoms with E-state index < -0.39 is 10.0 Å². The summed E-state index contributed by atoms with van der Waals surface area (Å²) in [4.78, 5) is 16.8. The van der Waals surface area contributed by atoms with Crippen LogP contribution in [0.3, 0.4) is 0 Å². The number of imidazole rings is 1. The first-order valence-corrected chi connectivity index (χ1v) is 12.5. The monoisotopic (exact) mass is 472 g/mol. The minimum atomic E-state index is -3.45. The average molecular weight is 473 g/mol. The number of hydrogen-bond donors (Lipinski definition) is 1. The van der Waals surface area contributed by atoms with Gasteiger partial charge in [-0.3, -0.25) is 4.79 Å². The molecule has 0 atom stereocenters. The summed E-state index contributed by atoms with van der Waals surface area (Å²) in [7, 11) is -3.45. The summed E-state index contributed by atoms with van der Waals surface area (Å²) in [5.41, 5.74) is 2.61. The van der Waals surface area contributed by atoms with Crippen molar-refractivity contribution in [2.75, 3.05) is 13.1 Å². The van der Waals surface area contributed by atoms with Crippen molar-refractivity contribution in [2.45, 2.75) is 25.1 Å². The molecule has 1 fully saturated rings. The molecule has 0 saturated carbocycles. The molecule has 2 heterocycles. The Morgan fingerprint density at radius 1 is 1.12 bits per heavy atom. The van der Waals surface area contributed by atoms with E-state index in [0.29, 0.717) is 43.1 Å². The lowest BCUT2D eigenvalue weighted by Gasteiger charge is -2.30. The summed E-state index contributed by atoms with van der Waals surface area (Å²) in [6, 6.07) is 14.7. The maximum Gasteiger partial charge on any atom is 0.223 e. The van der Waals surface area contributed by atoms with Crippen LogP contribution in [0, 0.1) is 5.92 Å². The summed E-state index contributed by atoms with van der Waals surface area (Å²) in [5, 5.41) is 3.53. The number of sulfonamides is 1. The Labute approximate surface area is 193 Å². The number of piperidine rings is 1. The normalized spacial score (nSPS) is 15.5. The molecule has 0 spiro atoms. The highest BCUT2D eigenvalue weighted by atomic mass is 35.5. The molecule has 1 saturated heterocycles. The molecule has 1 N–H and O–H groups in total. The maximum atomic E-state index is 12.8. The van der Waals surface area contributed by atoms with E-state index in [1.807, 2.05) is 35.0 Å². The molecule has 4 rings (SSSR count). The van der Waals surface area contributed by atoms with Crippen molar-refractivity contribution in [3.05, 3.63) is 83.4 Å². The average Bonchev–Trinajstić information content (AvgIpc) is 3.32. The second-order valence-corrected chi connectivity index (χ2v) is 10.3. The van der Waals surface area contributed by atoms with E-state index >= 15 is 0 Å². The third kappa shape index (κ3) is 5.38. The SMILES string of the molecule is O=C(NCc1ccccc1-n1ccnc1)C1CCN(S(=O)(=O)Cc2cccc(Cl)c2)CC1. The summed E-state index contributed by atoms with van der Waals surface area (Å²) >= 11 is 5.97. The Morgan fingerprint density at radius 2 is 1.91 bits per heavy atom. The molecule has 32 heavy (non-hydrogen) atoms. The number of nitrogens with zero attached hydrogens (tertiary/aromatic N) is 3. The zero-order valence-electron chi connectivity index (χ0n) is 17.5. The van der Waals surface area contributed by atoms with Gasteiger partial charge in [-0.15, -0.1) is 0 Å². The number of carbonyl (C=O) groups is 1. The first-order chi connectivity index (χ1) is 15.4. The predicted octanol–water partition coefficient (Wildman–Crippen LogP) is 3.38. The van der Waals surface area contributed by atoms with Gasteiger partial charge in [-0.1, -0.05) is 41.9 Å². The highest BCUT2D eigenvalue weighted by Gasteiger charge is 2.31. The number of halogens is 1. The smallest absolute Gasteiger partial charge is 0.223 e. The minimum absolute atomic E-state index is 0.0441. The third-order valence-corrected chi connectivity index (χ3v) is 7.77. The fourth-order valence-corrected chi connectivity index (χ4v) is 5.73. The highest BCUT2D eigenvalue weighted by molar-refractivity contribution is 7.88. The number of para-hydroxylation sites is 1. The summed E-state index contributed by atoms with van der Waals surface area (Å²) < 4.78 is 28.9. The van der Waals surface area contributed by atoms with Crippen LogP contribution in [0.25, 0.3) is 5.69 Å². The number of benzene rings is 2. The number of hydrogen-bond acceptors (Lipinski definition) is 4. The van der Waals surface area contributed by atoms with Gasteiger partial charge in [-0.25, -0.2) is 17.7 Å². The molecule has 9 heteroatoms. The van der Waals surface area contributed by atoms with Gasteiger partial charge in [0, 0.05) is 43.0 Å². The predicted molar refractivity (Wildman–Crippen MR) is 124 cm³/mol. The van der Waals surface area contributed by atoms with Crippen LogP contribution in [0.15, 0.2) is 67.3 Å². The Kier molecular flexibility index (Phi) is 6.93. The first kappa shape index (κ1) is 22.5. The lowest BCUT2D eigenvalue weighted by atomic mass is 9.97. The Balaban J connectivity index is 1.31. The molecular weight excluding hydrogens is 448 g/mol. The quantitative estimate of drug-likeness (QED) is 0.571. The number of carbonyl (C=O) groups excluding carboxylic acids is 1. The van der Waals surface area contributed by atoms with Gasteiger partial charge in [0.15, 0.2) is 0 Å². The van der Waals surface area contributed by atoms with Crippen LogP contribution in [0.1, 0.15) is 24.0 Å². The fraction of sp³-hybridized carbons (Fsp3) is 0.304. The van der Waals surface area contributed by atoms with Gasteiger partial charge >= 0.3 is 0 Å². The van der Waals surface area contributed by atoms with Crippen LogP contribution >= 0.6 is 11.6 Å². The molecule has 7 nitrogen and oxygen atoms in total. The van der Waals surface area contributed by atoms with Gasteiger partial charge in [0.2, 0.25) is 15.9 Å². The first-order valence-electron chi connectivity index (χ1n) is 10.5. The molecule has 0 aliphatic carbocycles. The van der Waals surface area contributed by atoms with E-state index in [9.17, 15) is 13.2 Å². The number of rotatable bonds is 7. The standard InChI is InChI=1S/C23H25ClN4O3S/c24-21-6-3-4-18(14-21)16-32(30,31)28-11-8-19(9-12-28)23(29)26-15-20-5-1-2-7-22(20)27-13-10-25-17-27/h1-7,10,13-14,17,19H,8-9,11-12,15-16H2,(H,26,29). The Hall–Kier alpha value is -2.68. The second kappa shape index (κ2) is 9.85. The molecular formula is C23H25ClN4O3S. The Bertz CT molecular complexity index is 1170. The van der Waals surface area contributed by atoms with Crippen LogP contribution in [-0.4, -0.2) is 41.3 Å². The Morgan fingerprint density at radius 3 is 2.62 bits per heavy atom. The highest BCUT2D eigenvalue weighted by Crippen LogP contribution is 2.23. The number of amides is 1.